The fourth-order valence-corrected chi connectivity index (χ4v) is 4.47. The quantitative estimate of drug-likeness (QED) is 0.287. The van der Waals surface area contributed by atoms with Crippen LogP contribution in [0.25, 0.3) is 11.1 Å². The molecule has 0 unspecified atom stereocenters. The van der Waals surface area contributed by atoms with E-state index >= 15 is 0 Å². The van der Waals surface area contributed by atoms with Crippen molar-refractivity contribution < 1.29 is 19.4 Å². The van der Waals surface area contributed by atoms with Crippen LogP contribution in [0.5, 0.6) is 5.75 Å². The molecular formula is C31H35NO4. The maximum absolute atomic E-state index is 13.5. The first-order valence-electron chi connectivity index (χ1n) is 12.8. The summed E-state index contributed by atoms with van der Waals surface area (Å²) in [6.07, 6.45) is 4.53. The zero-order valence-electron chi connectivity index (χ0n) is 21.2. The Labute approximate surface area is 213 Å². The molecule has 1 fully saturated rings. The third-order valence-corrected chi connectivity index (χ3v) is 6.90. The fraction of sp³-hybridized carbons (Fsp3) is 0.355. The van der Waals surface area contributed by atoms with Gasteiger partial charge in [-0.05, 0) is 86.4 Å². The normalized spacial score (nSPS) is 12.8. The minimum atomic E-state index is -0.758. The molecule has 0 radical (unpaired) electrons. The van der Waals surface area contributed by atoms with Gasteiger partial charge in [-0.2, -0.15) is 0 Å². The number of amides is 1. The van der Waals surface area contributed by atoms with Crippen LogP contribution < -0.4 is 4.74 Å². The second kappa shape index (κ2) is 11.9. The zero-order valence-corrected chi connectivity index (χ0v) is 21.2. The Bertz CT molecular complexity index is 1200. The number of hydrogen-bond donors (Lipinski definition) is 1. The van der Waals surface area contributed by atoms with Crippen LogP contribution in [0.4, 0.5) is 0 Å². The highest BCUT2D eigenvalue weighted by atomic mass is 16.5. The SMILES string of the molecule is Cc1cccc(-c2ccc(C(=O)N(Cc3ccccc3OCCCCCC(=O)O)C3CC3)cc2)c1C. The van der Waals surface area contributed by atoms with Crippen molar-refractivity contribution in [3.63, 3.8) is 0 Å². The van der Waals surface area contributed by atoms with Gasteiger partial charge in [0.15, 0.2) is 0 Å². The lowest BCUT2D eigenvalue weighted by molar-refractivity contribution is -0.137. The number of carboxylic acids is 1. The van der Waals surface area contributed by atoms with E-state index in [1.165, 1.54) is 16.7 Å². The molecule has 5 heteroatoms. The molecule has 1 N–H and O–H groups in total. The monoisotopic (exact) mass is 485 g/mol. The molecule has 0 bridgehead atoms. The first kappa shape index (κ1) is 25.5. The maximum atomic E-state index is 13.5. The number of para-hydroxylation sites is 1. The summed E-state index contributed by atoms with van der Waals surface area (Å²) in [6, 6.07) is 22.4. The largest absolute Gasteiger partial charge is 0.493 e. The third kappa shape index (κ3) is 6.54. The Morgan fingerprint density at radius 3 is 2.39 bits per heavy atom. The molecule has 0 spiro atoms. The molecule has 0 saturated heterocycles. The van der Waals surface area contributed by atoms with Crippen molar-refractivity contribution in [2.75, 3.05) is 6.61 Å². The van der Waals surface area contributed by atoms with E-state index in [0.717, 1.165) is 42.6 Å². The predicted molar refractivity (Wildman–Crippen MR) is 142 cm³/mol. The van der Waals surface area contributed by atoms with E-state index < -0.39 is 5.97 Å². The van der Waals surface area contributed by atoms with Crippen LogP contribution in [0.2, 0.25) is 0 Å². The summed E-state index contributed by atoms with van der Waals surface area (Å²) in [5, 5.41) is 8.77. The number of nitrogens with zero attached hydrogens (tertiary/aromatic N) is 1. The van der Waals surface area contributed by atoms with Crippen LogP contribution >= 0.6 is 0 Å². The number of carbonyl (C=O) groups is 2. The van der Waals surface area contributed by atoms with E-state index in [4.69, 9.17) is 9.84 Å². The van der Waals surface area contributed by atoms with E-state index in [9.17, 15) is 9.59 Å². The fourth-order valence-electron chi connectivity index (χ4n) is 4.47. The lowest BCUT2D eigenvalue weighted by Gasteiger charge is -2.24. The highest BCUT2D eigenvalue weighted by Crippen LogP contribution is 2.32. The van der Waals surface area contributed by atoms with Gasteiger partial charge in [-0.3, -0.25) is 9.59 Å². The van der Waals surface area contributed by atoms with Crippen LogP contribution in [0.15, 0.2) is 66.7 Å². The maximum Gasteiger partial charge on any atom is 0.303 e. The smallest absolute Gasteiger partial charge is 0.303 e. The van der Waals surface area contributed by atoms with Crippen molar-refractivity contribution in [1.82, 2.24) is 4.90 Å². The van der Waals surface area contributed by atoms with Gasteiger partial charge < -0.3 is 14.7 Å². The Morgan fingerprint density at radius 1 is 0.917 bits per heavy atom. The number of aryl methyl sites for hydroxylation is 1. The minimum absolute atomic E-state index is 0.0495. The van der Waals surface area contributed by atoms with Crippen molar-refractivity contribution in [2.24, 2.45) is 0 Å². The highest BCUT2D eigenvalue weighted by molar-refractivity contribution is 5.95. The van der Waals surface area contributed by atoms with E-state index in [2.05, 4.69) is 32.0 Å². The van der Waals surface area contributed by atoms with E-state index in [1.54, 1.807) is 0 Å². The van der Waals surface area contributed by atoms with E-state index in [-0.39, 0.29) is 18.4 Å². The highest BCUT2D eigenvalue weighted by Gasteiger charge is 2.33. The van der Waals surface area contributed by atoms with E-state index in [0.29, 0.717) is 25.1 Å². The number of carboxylic acid groups (broad SMARTS) is 1. The van der Waals surface area contributed by atoms with Crippen molar-refractivity contribution in [2.45, 2.75) is 65.0 Å². The molecule has 36 heavy (non-hydrogen) atoms. The summed E-state index contributed by atoms with van der Waals surface area (Å²) in [4.78, 5) is 26.2. The number of unbranched alkanes of at least 4 members (excludes halogenated alkanes) is 2. The van der Waals surface area contributed by atoms with E-state index in [1.807, 2.05) is 53.4 Å². The van der Waals surface area contributed by atoms with Gasteiger partial charge in [0.25, 0.3) is 5.91 Å². The second-order valence-corrected chi connectivity index (χ2v) is 9.65. The third-order valence-electron chi connectivity index (χ3n) is 6.90. The molecule has 0 aromatic heterocycles. The van der Waals surface area contributed by atoms with Crippen LogP contribution in [-0.2, 0) is 11.3 Å². The standard InChI is InChI=1S/C31H35NO4/c1-22-9-8-11-28(23(22)2)24-14-16-25(17-15-24)31(35)32(27-18-19-27)21-26-10-5-6-12-29(26)36-20-7-3-4-13-30(33)34/h5-6,8-12,14-17,27H,3-4,7,13,18-21H2,1-2H3,(H,33,34). The first-order chi connectivity index (χ1) is 17.4. The van der Waals surface area contributed by atoms with Gasteiger partial charge in [-0.15, -0.1) is 0 Å². The Morgan fingerprint density at radius 2 is 1.67 bits per heavy atom. The van der Waals surface area contributed by atoms with Crippen molar-refractivity contribution >= 4 is 11.9 Å². The molecule has 188 valence electrons. The zero-order chi connectivity index (χ0) is 25.5. The summed E-state index contributed by atoms with van der Waals surface area (Å²) in [5.74, 6) is 0.0824. The van der Waals surface area contributed by atoms with Crippen LogP contribution in [0.3, 0.4) is 0 Å². The number of benzene rings is 3. The van der Waals surface area contributed by atoms with Gasteiger partial charge >= 0.3 is 5.97 Å². The van der Waals surface area contributed by atoms with Crippen molar-refractivity contribution in [3.05, 3.63) is 89.0 Å². The number of aliphatic carboxylic acids is 1. The van der Waals surface area contributed by atoms with Gasteiger partial charge in [0.2, 0.25) is 0 Å². The number of hydrogen-bond acceptors (Lipinski definition) is 3. The average molecular weight is 486 g/mol. The molecule has 3 aromatic carbocycles. The van der Waals surface area contributed by atoms with Crippen molar-refractivity contribution in [1.29, 1.82) is 0 Å². The molecule has 1 aliphatic rings. The molecule has 0 heterocycles. The summed E-state index contributed by atoms with van der Waals surface area (Å²) < 4.78 is 6.03. The van der Waals surface area contributed by atoms with Crippen LogP contribution in [0.1, 0.15) is 65.6 Å². The first-order valence-corrected chi connectivity index (χ1v) is 12.8. The molecular weight excluding hydrogens is 450 g/mol. The summed E-state index contributed by atoms with van der Waals surface area (Å²) in [5.41, 5.74) is 6.53. The van der Waals surface area contributed by atoms with Crippen LogP contribution in [0, 0.1) is 13.8 Å². The lowest BCUT2D eigenvalue weighted by atomic mass is 9.96. The summed E-state index contributed by atoms with van der Waals surface area (Å²) in [7, 11) is 0. The molecule has 0 aliphatic heterocycles. The predicted octanol–water partition coefficient (Wildman–Crippen LogP) is 6.80. The number of ether oxygens (including phenoxy) is 1. The van der Waals surface area contributed by atoms with Crippen LogP contribution in [-0.4, -0.2) is 34.5 Å². The lowest BCUT2D eigenvalue weighted by Crippen LogP contribution is -2.32. The molecule has 4 rings (SSSR count). The topological polar surface area (TPSA) is 66.8 Å². The Kier molecular flexibility index (Phi) is 8.42. The molecule has 1 saturated carbocycles. The number of rotatable bonds is 12. The van der Waals surface area contributed by atoms with Gasteiger partial charge in [-0.1, -0.05) is 48.5 Å². The summed E-state index contributed by atoms with van der Waals surface area (Å²) >= 11 is 0. The van der Waals surface area contributed by atoms with Gasteiger partial charge in [0.1, 0.15) is 5.75 Å². The van der Waals surface area contributed by atoms with Gasteiger partial charge in [0.05, 0.1) is 6.61 Å². The minimum Gasteiger partial charge on any atom is -0.493 e. The van der Waals surface area contributed by atoms with Gasteiger partial charge in [0, 0.05) is 30.1 Å². The van der Waals surface area contributed by atoms with Gasteiger partial charge in [-0.25, -0.2) is 0 Å². The molecule has 5 nitrogen and oxygen atoms in total. The summed E-state index contributed by atoms with van der Waals surface area (Å²) in [6.45, 7) is 5.30. The molecule has 0 atom stereocenters. The average Bonchev–Trinajstić information content (AvgIpc) is 3.72. The molecule has 1 amide bonds. The molecule has 1 aliphatic carbocycles. The Hall–Kier alpha value is -3.60. The van der Waals surface area contributed by atoms with Crippen molar-refractivity contribution in [3.8, 4) is 16.9 Å². The second-order valence-electron chi connectivity index (χ2n) is 9.65. The molecule has 3 aromatic rings. The number of carbonyl (C=O) groups excluding carboxylic acids is 1. The Balaban J connectivity index is 1.42.